The third-order valence-electron chi connectivity index (χ3n) is 3.57. The van der Waals surface area contributed by atoms with Crippen molar-refractivity contribution in [2.75, 3.05) is 0 Å². The van der Waals surface area contributed by atoms with Crippen LogP contribution in [0.3, 0.4) is 0 Å². The van der Waals surface area contributed by atoms with Crippen molar-refractivity contribution in [3.05, 3.63) is 40.3 Å². The molecule has 0 saturated heterocycles. The summed E-state index contributed by atoms with van der Waals surface area (Å²) in [4.78, 5) is 21.6. The highest BCUT2D eigenvalue weighted by Crippen LogP contribution is 2.41. The Morgan fingerprint density at radius 2 is 2.39 bits per heavy atom. The number of carboxylic acid groups (broad SMARTS) is 1. The van der Waals surface area contributed by atoms with Gasteiger partial charge in [0.25, 0.3) is 0 Å². The van der Waals surface area contributed by atoms with Crippen molar-refractivity contribution in [3.63, 3.8) is 0 Å². The molecular weight excluding hydrogens is 316 g/mol. The first kappa shape index (κ1) is 15.0. The Morgan fingerprint density at radius 3 is 3.00 bits per heavy atom. The molecule has 23 heavy (non-hydrogen) atoms. The molecule has 0 aliphatic rings. The number of aromatic nitrogens is 3. The van der Waals surface area contributed by atoms with Crippen LogP contribution >= 0.6 is 12.2 Å². The molecule has 3 aromatic rings. The van der Waals surface area contributed by atoms with E-state index in [1.807, 2.05) is 6.92 Å². The topological polar surface area (TPSA) is 88.4 Å². The minimum absolute atomic E-state index is 0.0996. The van der Waals surface area contributed by atoms with Crippen molar-refractivity contribution in [1.82, 2.24) is 14.5 Å². The highest BCUT2D eigenvalue weighted by atomic mass is 32.1. The molecule has 0 saturated carbocycles. The molecule has 3 heterocycles. The second-order valence-corrected chi connectivity index (χ2v) is 5.36. The fraction of sp³-hybridized carbons (Fsp3) is 0.200. The average molecular weight is 328 g/mol. The van der Waals surface area contributed by atoms with Gasteiger partial charge in [-0.3, -0.25) is 4.79 Å². The van der Waals surface area contributed by atoms with Crippen LogP contribution in [0, 0.1) is 18.1 Å². The van der Waals surface area contributed by atoms with E-state index in [1.54, 1.807) is 10.6 Å². The Morgan fingerprint density at radius 1 is 1.61 bits per heavy atom. The van der Waals surface area contributed by atoms with E-state index < -0.39 is 5.97 Å². The summed E-state index contributed by atoms with van der Waals surface area (Å²) >= 11 is 5.27. The van der Waals surface area contributed by atoms with Gasteiger partial charge in [-0.1, -0.05) is 12.2 Å². The first-order valence-electron chi connectivity index (χ1n) is 6.78. The number of H-pyrrole nitrogens is 1. The van der Waals surface area contributed by atoms with Crippen molar-refractivity contribution in [1.29, 1.82) is 0 Å². The minimum atomic E-state index is -0.933. The summed E-state index contributed by atoms with van der Waals surface area (Å²) in [7, 11) is 0. The molecule has 3 rings (SSSR count). The van der Waals surface area contributed by atoms with Crippen molar-refractivity contribution < 1.29 is 14.3 Å². The Balaban J connectivity index is 2.41. The molecule has 3 aromatic heterocycles. The van der Waals surface area contributed by atoms with Crippen LogP contribution in [0.2, 0.25) is 0 Å². The van der Waals surface area contributed by atoms with Gasteiger partial charge in [0.1, 0.15) is 5.76 Å². The molecule has 0 aliphatic heterocycles. The highest BCUT2D eigenvalue weighted by molar-refractivity contribution is 7.71. The van der Waals surface area contributed by atoms with Gasteiger partial charge in [-0.15, -0.1) is 0 Å². The second kappa shape index (κ2) is 5.70. The zero-order valence-electron chi connectivity index (χ0n) is 12.2. The summed E-state index contributed by atoms with van der Waals surface area (Å²) in [6, 6.07) is 1.79. The Hall–Kier alpha value is -2.92. The van der Waals surface area contributed by atoms with Crippen LogP contribution in [0.15, 0.2) is 23.1 Å². The van der Waals surface area contributed by atoms with Crippen LogP contribution < -0.4 is 0 Å². The smallest absolute Gasteiger partial charge is 0.305 e. The minimum Gasteiger partial charge on any atom is -0.481 e. The number of carboxylic acids is 1. The van der Waals surface area contributed by atoms with E-state index in [9.17, 15) is 4.79 Å². The van der Waals surface area contributed by atoms with Gasteiger partial charge in [0.2, 0.25) is 5.69 Å². The lowest BCUT2D eigenvalue weighted by Gasteiger charge is -2.09. The summed E-state index contributed by atoms with van der Waals surface area (Å²) in [6.45, 7) is 9.55. The van der Waals surface area contributed by atoms with Gasteiger partial charge in [-0.05, 0) is 18.6 Å². The maximum absolute atomic E-state index is 11.0. The summed E-state index contributed by atoms with van der Waals surface area (Å²) in [6.07, 6.45) is 2.87. The number of rotatable bonds is 4. The monoisotopic (exact) mass is 328 g/mol. The third kappa shape index (κ3) is 2.41. The predicted octanol–water partition coefficient (Wildman–Crippen LogP) is 3.69. The molecule has 0 unspecified atom stereocenters. The Labute approximate surface area is 136 Å². The number of carbonyl (C=O) groups is 1. The van der Waals surface area contributed by atoms with Crippen molar-refractivity contribution in [2.45, 2.75) is 19.9 Å². The highest BCUT2D eigenvalue weighted by Gasteiger charge is 2.24. The summed E-state index contributed by atoms with van der Waals surface area (Å²) in [5.41, 5.74) is 2.80. The number of fused-ring (bicyclic) bond motifs is 1. The number of aromatic amines is 1. The third-order valence-corrected chi connectivity index (χ3v) is 3.87. The van der Waals surface area contributed by atoms with E-state index in [4.69, 9.17) is 28.3 Å². The normalized spacial score (nSPS) is 10.8. The van der Waals surface area contributed by atoms with E-state index in [-0.39, 0.29) is 13.0 Å². The maximum atomic E-state index is 11.0. The average Bonchev–Trinajstić information content (AvgIpc) is 3.06. The predicted molar refractivity (Wildman–Crippen MR) is 85.9 cm³/mol. The van der Waals surface area contributed by atoms with E-state index >= 15 is 0 Å². The van der Waals surface area contributed by atoms with E-state index in [2.05, 4.69) is 14.8 Å². The van der Waals surface area contributed by atoms with Gasteiger partial charge in [0.05, 0.1) is 42.3 Å². The van der Waals surface area contributed by atoms with Crippen LogP contribution in [0.25, 0.3) is 27.3 Å². The van der Waals surface area contributed by atoms with Crippen LogP contribution in [0.4, 0.5) is 5.69 Å². The van der Waals surface area contributed by atoms with Crippen LogP contribution in [-0.4, -0.2) is 25.6 Å². The zero-order chi connectivity index (χ0) is 16.6. The standard InChI is InChI=1S/C15H12N4O3S/c1-8-4-6-22-14(8)12-10(16-2)11-13(15(23)18-7-17-11)19(12)5-3-9(20)21/h4,6-7H,3,5H2,1H3,(H,20,21)(H,17,18,23). The zero-order valence-corrected chi connectivity index (χ0v) is 13.0. The molecule has 7 nitrogen and oxygen atoms in total. The number of aryl methyl sites for hydroxylation is 2. The molecule has 0 radical (unpaired) electrons. The fourth-order valence-corrected chi connectivity index (χ4v) is 2.83. The second-order valence-electron chi connectivity index (χ2n) is 4.97. The number of hydrogen-bond donors (Lipinski definition) is 2. The molecule has 0 aliphatic carbocycles. The van der Waals surface area contributed by atoms with E-state index in [1.165, 1.54) is 12.6 Å². The lowest BCUT2D eigenvalue weighted by Crippen LogP contribution is -2.06. The Kier molecular flexibility index (Phi) is 3.72. The van der Waals surface area contributed by atoms with Crippen LogP contribution in [0.5, 0.6) is 0 Å². The lowest BCUT2D eigenvalue weighted by atomic mass is 10.2. The van der Waals surface area contributed by atoms with Crippen molar-refractivity contribution in [3.8, 4) is 11.5 Å². The van der Waals surface area contributed by atoms with E-state index in [0.29, 0.717) is 32.8 Å². The molecule has 2 N–H and O–H groups in total. The lowest BCUT2D eigenvalue weighted by molar-refractivity contribution is -0.137. The maximum Gasteiger partial charge on any atom is 0.305 e. The van der Waals surface area contributed by atoms with Crippen molar-refractivity contribution in [2.24, 2.45) is 0 Å². The van der Waals surface area contributed by atoms with Crippen LogP contribution in [-0.2, 0) is 11.3 Å². The number of furan rings is 1. The molecule has 0 amide bonds. The largest absolute Gasteiger partial charge is 0.481 e. The molecule has 0 fully saturated rings. The molecule has 0 bridgehead atoms. The first-order chi connectivity index (χ1) is 11.0. The SMILES string of the molecule is [C-]#[N+]c1c(-c2occc2C)n(CCC(=O)O)c2c(=S)nc[nH]c12. The van der Waals surface area contributed by atoms with Gasteiger partial charge in [-0.2, -0.15) is 0 Å². The van der Waals surface area contributed by atoms with Crippen LogP contribution in [0.1, 0.15) is 12.0 Å². The number of nitrogens with one attached hydrogen (secondary N) is 1. The molecule has 8 heteroatoms. The van der Waals surface area contributed by atoms with E-state index in [0.717, 1.165) is 5.56 Å². The summed E-state index contributed by atoms with van der Waals surface area (Å²) < 4.78 is 7.54. The molecule has 0 atom stereocenters. The number of nitrogens with zero attached hydrogens (tertiary/aromatic N) is 3. The van der Waals surface area contributed by atoms with Gasteiger partial charge >= 0.3 is 5.97 Å². The Bertz CT molecular complexity index is 1010. The molecular formula is C15H12N4O3S. The first-order valence-corrected chi connectivity index (χ1v) is 7.19. The quantitative estimate of drug-likeness (QED) is 0.563. The van der Waals surface area contributed by atoms with Gasteiger partial charge in [0.15, 0.2) is 4.64 Å². The summed E-state index contributed by atoms with van der Waals surface area (Å²) in [5.74, 6) is -0.405. The fourth-order valence-electron chi connectivity index (χ4n) is 2.57. The van der Waals surface area contributed by atoms with Gasteiger partial charge in [-0.25, -0.2) is 9.83 Å². The van der Waals surface area contributed by atoms with Gasteiger partial charge in [0, 0.05) is 6.54 Å². The molecule has 0 spiro atoms. The molecule has 0 aromatic carbocycles. The number of hydrogen-bond acceptors (Lipinski definition) is 4. The summed E-state index contributed by atoms with van der Waals surface area (Å²) in [5, 5.41) is 9.01. The van der Waals surface area contributed by atoms with Crippen molar-refractivity contribution >= 4 is 34.9 Å². The number of aliphatic carboxylic acids is 1. The molecule has 116 valence electrons. The van der Waals surface area contributed by atoms with Gasteiger partial charge < -0.3 is 19.1 Å².